The fraction of sp³-hybridized carbons (Fsp3) is 0.857. The third-order valence-electron chi connectivity index (χ3n) is 17.8. The molecule has 1 aromatic carbocycles. The van der Waals surface area contributed by atoms with Crippen LogP contribution in [0.2, 0.25) is 38.8 Å². The summed E-state index contributed by atoms with van der Waals surface area (Å²) in [7, 11) is -30.4. The van der Waals surface area contributed by atoms with E-state index in [1.54, 1.807) is 7.11 Å². The number of methoxy groups -OCH3 is 1. The summed E-state index contributed by atoms with van der Waals surface area (Å²) in [4.78, 5) is 0. The highest BCUT2D eigenvalue weighted by molar-refractivity contribution is 7.06. The molecule has 7 saturated carbocycles. The van der Waals surface area contributed by atoms with Crippen molar-refractivity contribution < 1.29 is 54.1 Å². The number of benzene rings is 1. The van der Waals surface area contributed by atoms with E-state index < -0.39 is 70.4 Å². The lowest BCUT2D eigenvalue weighted by Crippen LogP contribution is -2.91. The van der Waals surface area contributed by atoms with Crippen LogP contribution in [0, 0.1) is 0 Å². The SMILES string of the molecule is COc1ccc([Si]23O[Si]4(C5CCCC5)O[Si]5(C6CCCC6)O[Si](C6CCCC6)(O2)O[Si]2(C6CCCC6)O[Si](C6CCCC6)(O3)O[Si](C3CCCC3)(O4)O[Si](C3CCCC3)(O5)O2)cc1. The maximum atomic E-state index is 8.49. The molecule has 0 aromatic heterocycles. The highest BCUT2D eigenvalue weighted by Gasteiger charge is 2.88. The Labute approximate surface area is 383 Å². The molecule has 0 radical (unpaired) electrons. The Balaban J connectivity index is 1.15. The highest BCUT2D eigenvalue weighted by Crippen LogP contribution is 2.66. The quantitative estimate of drug-likeness (QED) is 0.219. The van der Waals surface area contributed by atoms with Crippen molar-refractivity contribution in [1.82, 2.24) is 0 Å². The van der Waals surface area contributed by atoms with E-state index in [0.717, 1.165) is 191 Å². The van der Waals surface area contributed by atoms with Gasteiger partial charge in [-0.15, -0.1) is 0 Å². The van der Waals surface area contributed by atoms with Gasteiger partial charge < -0.3 is 54.1 Å². The van der Waals surface area contributed by atoms with Crippen LogP contribution >= 0.6 is 0 Å². The van der Waals surface area contributed by atoms with Crippen LogP contribution in [0.25, 0.3) is 0 Å². The van der Waals surface area contributed by atoms with Gasteiger partial charge in [-0.05, 0) is 102 Å². The zero-order valence-corrected chi connectivity index (χ0v) is 45.5. The predicted molar refractivity (Wildman–Crippen MR) is 247 cm³/mol. The molecule has 6 saturated heterocycles. The molecule has 13 fully saturated rings. The Morgan fingerprint density at radius 2 is 0.492 bits per heavy atom. The Kier molecular flexibility index (Phi) is 11.1. The van der Waals surface area contributed by atoms with Crippen LogP contribution in [0.5, 0.6) is 5.75 Å². The van der Waals surface area contributed by atoms with Crippen molar-refractivity contribution in [3.8, 4) is 5.75 Å². The minimum Gasteiger partial charge on any atom is -0.497 e. The van der Waals surface area contributed by atoms with E-state index in [1.165, 1.54) is 0 Å². The molecular formula is C42H70O13Si8. The number of hydrogen-bond donors (Lipinski definition) is 0. The zero-order chi connectivity index (χ0) is 42.0. The van der Waals surface area contributed by atoms with Crippen LogP contribution in [0.4, 0.5) is 0 Å². The highest BCUT2D eigenvalue weighted by atomic mass is 28.6. The Morgan fingerprint density at radius 3 is 0.683 bits per heavy atom. The summed E-state index contributed by atoms with van der Waals surface area (Å²) in [6.07, 6.45) is 28.7. The molecule has 8 bridgehead atoms. The van der Waals surface area contributed by atoms with Crippen LogP contribution in [0.3, 0.4) is 0 Å². The van der Waals surface area contributed by atoms with Gasteiger partial charge in [0.25, 0.3) is 0 Å². The molecule has 63 heavy (non-hydrogen) atoms. The van der Waals surface area contributed by atoms with E-state index in [9.17, 15) is 0 Å². The molecular weight excluding hydrogens is 937 g/mol. The summed E-state index contributed by atoms with van der Waals surface area (Å²) in [6, 6.07) is 8.26. The second kappa shape index (κ2) is 16.2. The molecule has 6 heterocycles. The lowest BCUT2D eigenvalue weighted by molar-refractivity contribution is -0.0427. The Hall–Kier alpha value is 0.275. The number of ether oxygens (including phenoxy) is 1. The zero-order valence-electron chi connectivity index (χ0n) is 37.5. The van der Waals surface area contributed by atoms with Crippen LogP contribution in [0.15, 0.2) is 24.3 Å². The van der Waals surface area contributed by atoms with Gasteiger partial charge in [0.05, 0.1) is 7.11 Å². The van der Waals surface area contributed by atoms with Gasteiger partial charge in [0.15, 0.2) is 0 Å². The van der Waals surface area contributed by atoms with Crippen molar-refractivity contribution in [2.24, 2.45) is 0 Å². The first-order valence-corrected chi connectivity index (χ1v) is 40.2. The topological polar surface area (TPSA) is 120 Å². The van der Waals surface area contributed by atoms with E-state index in [4.69, 9.17) is 54.1 Å². The van der Waals surface area contributed by atoms with Gasteiger partial charge in [-0.25, -0.2) is 0 Å². The summed E-state index contributed by atoms with van der Waals surface area (Å²) in [6.45, 7) is 0. The van der Waals surface area contributed by atoms with Gasteiger partial charge in [-0.2, -0.15) is 0 Å². The maximum absolute atomic E-state index is 8.49. The number of rotatable bonds is 9. The molecule has 13 aliphatic rings. The van der Waals surface area contributed by atoms with Crippen molar-refractivity contribution in [2.45, 2.75) is 219 Å². The first kappa shape index (κ1) is 43.3. The molecule has 13 nitrogen and oxygen atoms in total. The predicted octanol–water partition coefficient (Wildman–Crippen LogP) is 10.3. The first-order chi connectivity index (χ1) is 30.8. The van der Waals surface area contributed by atoms with E-state index in [-0.39, 0.29) is 38.8 Å². The Morgan fingerprint density at radius 1 is 0.302 bits per heavy atom. The van der Waals surface area contributed by atoms with Crippen molar-refractivity contribution in [3.05, 3.63) is 24.3 Å². The summed E-state index contributed by atoms with van der Waals surface area (Å²) in [5.74, 6) is 0.763. The van der Waals surface area contributed by atoms with Gasteiger partial charge in [0.1, 0.15) is 5.75 Å². The summed E-state index contributed by atoms with van der Waals surface area (Å²) >= 11 is 0. The minimum absolute atomic E-state index is 0.00156. The molecule has 14 rings (SSSR count). The van der Waals surface area contributed by atoms with E-state index in [1.807, 2.05) is 12.1 Å². The first-order valence-electron chi connectivity index (χ1n) is 25.8. The summed E-state index contributed by atoms with van der Waals surface area (Å²) in [5.41, 5.74) is 0.167. The molecule has 348 valence electrons. The fourth-order valence-electron chi connectivity index (χ4n) is 14.5. The second-order valence-electron chi connectivity index (χ2n) is 21.6. The molecule has 0 unspecified atom stereocenters. The minimum atomic E-state index is -4.26. The third-order valence-corrected chi connectivity index (χ3v) is 57.0. The van der Waals surface area contributed by atoms with E-state index >= 15 is 0 Å². The molecule has 21 heteroatoms. The van der Waals surface area contributed by atoms with Gasteiger partial charge in [0, 0.05) is 44.0 Å². The number of hydrogen-bond acceptors (Lipinski definition) is 13. The molecule has 0 spiro atoms. The smallest absolute Gasteiger partial charge is 0.497 e. The van der Waals surface area contributed by atoms with Crippen molar-refractivity contribution >= 4 is 75.6 Å². The molecule has 6 aliphatic heterocycles. The van der Waals surface area contributed by atoms with Crippen molar-refractivity contribution in [3.63, 3.8) is 0 Å². The van der Waals surface area contributed by atoms with Gasteiger partial charge in [-0.1, -0.05) is 102 Å². The van der Waals surface area contributed by atoms with E-state index in [0.29, 0.717) is 0 Å². The monoisotopic (exact) mass is 1010 g/mol. The van der Waals surface area contributed by atoms with Crippen LogP contribution in [0.1, 0.15) is 180 Å². The van der Waals surface area contributed by atoms with Crippen LogP contribution in [-0.4, -0.2) is 77.5 Å². The standard InChI is InChI=1S/C42H70O13Si8/c1-43-34-30-32-42(33-31-34)63-53-60(39-24-10-11-25-39)47-57(36-18-4-5-19-36)44-56(35-16-2-3-17-35)45-58(49-60,37-20-6-7-21-37)51-62(55-63,41-28-14-15-29-41)52-59(46-56,38-22-8-9-23-38)50-61(48-57,54-63)40-26-12-13-27-40/h30-33,35-41H,2-29H2,1H3. The molecule has 7 aliphatic carbocycles. The molecule has 0 amide bonds. The van der Waals surface area contributed by atoms with Crippen molar-refractivity contribution in [1.29, 1.82) is 0 Å². The van der Waals surface area contributed by atoms with E-state index in [2.05, 4.69) is 12.1 Å². The molecule has 0 N–H and O–H groups in total. The summed E-state index contributed by atoms with van der Waals surface area (Å²) < 4.78 is 107. The normalized spacial score (nSPS) is 46.9. The average molecular weight is 1010 g/mol. The maximum Gasteiger partial charge on any atom is 0.515 e. The average Bonchev–Trinajstić information content (AvgIpc) is 4.12. The van der Waals surface area contributed by atoms with Crippen molar-refractivity contribution in [2.75, 3.05) is 7.11 Å². The lowest BCUT2D eigenvalue weighted by atomic mass is 10.3. The Bertz CT molecular complexity index is 1670. The van der Waals surface area contributed by atoms with Crippen LogP contribution in [-0.2, 0) is 49.4 Å². The van der Waals surface area contributed by atoms with Gasteiger partial charge >= 0.3 is 70.4 Å². The van der Waals surface area contributed by atoms with Gasteiger partial charge in [-0.3, -0.25) is 0 Å². The second-order valence-corrected chi connectivity index (χ2v) is 47.3. The van der Waals surface area contributed by atoms with Gasteiger partial charge in [0.2, 0.25) is 0 Å². The fourth-order valence-corrected chi connectivity index (χ4v) is 70.1. The molecule has 0 atom stereocenters. The van der Waals surface area contributed by atoms with Crippen LogP contribution < -0.4 is 9.92 Å². The summed E-state index contributed by atoms with van der Waals surface area (Å²) in [5, 5.41) is 0.848. The molecule has 1 aromatic rings. The lowest BCUT2D eigenvalue weighted by Gasteiger charge is -2.66. The third kappa shape index (κ3) is 6.89. The largest absolute Gasteiger partial charge is 0.515 e.